The van der Waals surface area contributed by atoms with E-state index in [2.05, 4.69) is 34.0 Å². The Kier molecular flexibility index (Phi) is 7.87. The van der Waals surface area contributed by atoms with Crippen LogP contribution in [0.3, 0.4) is 0 Å². The number of carbonyl (C=O) groups is 1. The zero-order chi connectivity index (χ0) is 28.4. The third-order valence-electron chi connectivity index (χ3n) is 7.87. The molecule has 3 heterocycles. The Hall–Kier alpha value is -3.82. The maximum absolute atomic E-state index is 13.4. The number of nitrogens with zero attached hydrogens (tertiary/aromatic N) is 6. The Balaban J connectivity index is 1.29. The fourth-order valence-electron chi connectivity index (χ4n) is 5.65. The number of piperidine rings is 1. The second-order valence-electron chi connectivity index (χ2n) is 11.4. The van der Waals surface area contributed by atoms with Crippen molar-refractivity contribution in [2.24, 2.45) is 7.05 Å². The van der Waals surface area contributed by atoms with Crippen molar-refractivity contribution in [1.29, 1.82) is 0 Å². The molecule has 0 aliphatic carbocycles. The van der Waals surface area contributed by atoms with Crippen molar-refractivity contribution in [3.8, 4) is 11.3 Å². The van der Waals surface area contributed by atoms with Crippen LogP contribution >= 0.6 is 0 Å². The van der Waals surface area contributed by atoms with Crippen LogP contribution in [0.1, 0.15) is 43.2 Å². The molecule has 40 heavy (non-hydrogen) atoms. The first-order chi connectivity index (χ1) is 19.1. The quantitative estimate of drug-likeness (QED) is 0.367. The molecule has 0 spiro atoms. The van der Waals surface area contributed by atoms with Gasteiger partial charge in [0.2, 0.25) is 5.91 Å². The monoisotopic (exact) mass is 542 g/mol. The molecule has 1 fully saturated rings. The minimum Gasteiger partial charge on any atom is -0.388 e. The van der Waals surface area contributed by atoms with Gasteiger partial charge in [-0.3, -0.25) is 18.8 Å². The van der Waals surface area contributed by atoms with Crippen LogP contribution in [0, 0.1) is 0 Å². The average molecular weight is 543 g/mol. The van der Waals surface area contributed by atoms with Gasteiger partial charge in [0.1, 0.15) is 5.52 Å². The molecule has 0 unspecified atom stereocenters. The van der Waals surface area contributed by atoms with Crippen molar-refractivity contribution in [3.63, 3.8) is 0 Å². The van der Waals surface area contributed by atoms with Crippen molar-refractivity contribution in [1.82, 2.24) is 29.1 Å². The molecule has 2 aromatic heterocycles. The molecule has 5 rings (SSSR count). The van der Waals surface area contributed by atoms with Crippen molar-refractivity contribution < 1.29 is 9.90 Å². The number of hydrogen-bond acceptors (Lipinski definition) is 6. The maximum Gasteiger partial charge on any atom is 0.281 e. The summed E-state index contributed by atoms with van der Waals surface area (Å²) >= 11 is 0. The molecule has 1 saturated heterocycles. The van der Waals surface area contributed by atoms with Crippen LogP contribution in [0.2, 0.25) is 0 Å². The first-order valence-corrected chi connectivity index (χ1v) is 13.8. The number of benzene rings is 2. The number of fused-ring (bicyclic) bond motifs is 1. The Bertz CT molecular complexity index is 1550. The zero-order valence-corrected chi connectivity index (χ0v) is 23.7. The molecule has 1 atom stereocenters. The van der Waals surface area contributed by atoms with E-state index in [0.29, 0.717) is 37.9 Å². The van der Waals surface area contributed by atoms with Crippen LogP contribution < -0.4 is 5.56 Å². The minimum atomic E-state index is -1.10. The molecule has 1 aliphatic rings. The average Bonchev–Trinajstić information content (AvgIpc) is 3.27. The minimum absolute atomic E-state index is 0.0920. The summed E-state index contributed by atoms with van der Waals surface area (Å²) < 4.78 is 3.16. The Morgan fingerprint density at radius 1 is 1.07 bits per heavy atom. The van der Waals surface area contributed by atoms with Crippen LogP contribution in [-0.2, 0) is 24.9 Å². The van der Waals surface area contributed by atoms with E-state index < -0.39 is 5.60 Å². The summed E-state index contributed by atoms with van der Waals surface area (Å²) in [6, 6.07) is 18.2. The van der Waals surface area contributed by atoms with Crippen molar-refractivity contribution in [2.45, 2.75) is 50.8 Å². The highest BCUT2D eigenvalue weighted by Crippen LogP contribution is 2.28. The first-order valence-electron chi connectivity index (χ1n) is 13.8. The lowest BCUT2D eigenvalue weighted by atomic mass is 9.90. The number of aliphatic hydroxyl groups is 1. The lowest BCUT2D eigenvalue weighted by Gasteiger charge is -2.38. The van der Waals surface area contributed by atoms with Gasteiger partial charge in [-0.1, -0.05) is 55.5 Å². The van der Waals surface area contributed by atoms with E-state index in [1.807, 2.05) is 68.5 Å². The van der Waals surface area contributed by atoms with Gasteiger partial charge >= 0.3 is 0 Å². The first kappa shape index (κ1) is 27.7. The fourth-order valence-corrected chi connectivity index (χ4v) is 5.65. The third-order valence-corrected chi connectivity index (χ3v) is 7.87. The molecule has 0 radical (unpaired) electrons. The molecule has 1 aliphatic heterocycles. The summed E-state index contributed by atoms with van der Waals surface area (Å²) in [4.78, 5) is 34.9. The Morgan fingerprint density at radius 3 is 2.50 bits per heavy atom. The van der Waals surface area contributed by atoms with Crippen molar-refractivity contribution in [3.05, 3.63) is 82.4 Å². The highest BCUT2D eigenvalue weighted by Gasteiger charge is 2.35. The highest BCUT2D eigenvalue weighted by atomic mass is 16.3. The second kappa shape index (κ2) is 11.3. The molecule has 2 aromatic carbocycles. The molecule has 1 N–H and O–H groups in total. The second-order valence-corrected chi connectivity index (χ2v) is 11.4. The van der Waals surface area contributed by atoms with Gasteiger partial charge in [0.25, 0.3) is 5.56 Å². The molecule has 210 valence electrons. The predicted molar refractivity (Wildman–Crippen MR) is 156 cm³/mol. The van der Waals surface area contributed by atoms with Gasteiger partial charge in [0.05, 0.1) is 24.2 Å². The molecule has 0 bridgehead atoms. The van der Waals surface area contributed by atoms with Crippen LogP contribution in [0.15, 0.2) is 65.7 Å². The standard InChI is InChI=1S/C31H38N6O3/c1-22(24-10-6-5-7-11-24)17-26(38)36-15-13-31(40,14-16-36)20-37-21-32-27-28(30(37)39)33-35(4)29(27)25-12-8-9-23(18-25)19-34(2)3/h5-12,18,21-22,40H,13-17,19-20H2,1-4H3/t22-/m1/s1. The largest absolute Gasteiger partial charge is 0.388 e. The number of aromatic nitrogens is 4. The van der Waals surface area contributed by atoms with Gasteiger partial charge in [0.15, 0.2) is 5.52 Å². The summed E-state index contributed by atoms with van der Waals surface area (Å²) in [7, 11) is 5.87. The van der Waals surface area contributed by atoms with E-state index in [1.165, 1.54) is 10.9 Å². The SMILES string of the molecule is C[C@H](CC(=O)N1CCC(O)(Cn2cnc3c(-c4cccc(CN(C)C)c4)n(C)nc3c2=O)CC1)c1ccccc1. The van der Waals surface area contributed by atoms with Gasteiger partial charge in [0, 0.05) is 38.7 Å². The number of rotatable bonds is 8. The number of aryl methyl sites for hydroxylation is 1. The van der Waals surface area contributed by atoms with Gasteiger partial charge < -0.3 is 14.9 Å². The van der Waals surface area contributed by atoms with E-state index in [9.17, 15) is 14.7 Å². The van der Waals surface area contributed by atoms with Crippen LogP contribution in [0.25, 0.3) is 22.3 Å². The van der Waals surface area contributed by atoms with E-state index in [1.54, 1.807) is 4.68 Å². The van der Waals surface area contributed by atoms with Crippen LogP contribution in [0.5, 0.6) is 0 Å². The van der Waals surface area contributed by atoms with E-state index in [0.717, 1.165) is 28.9 Å². The fraction of sp³-hybridized carbons (Fsp3) is 0.419. The van der Waals surface area contributed by atoms with E-state index in [4.69, 9.17) is 0 Å². The third kappa shape index (κ3) is 5.85. The smallest absolute Gasteiger partial charge is 0.281 e. The van der Waals surface area contributed by atoms with E-state index >= 15 is 0 Å². The van der Waals surface area contributed by atoms with Crippen LogP contribution in [-0.4, -0.2) is 72.9 Å². The number of carbonyl (C=O) groups excluding carboxylic acids is 1. The summed E-state index contributed by atoms with van der Waals surface area (Å²) in [5, 5.41) is 15.9. The summed E-state index contributed by atoms with van der Waals surface area (Å²) in [6.45, 7) is 3.89. The van der Waals surface area contributed by atoms with Gasteiger partial charge in [-0.15, -0.1) is 0 Å². The molecule has 4 aromatic rings. The molecular weight excluding hydrogens is 504 g/mol. The Labute approximate surface area is 234 Å². The highest BCUT2D eigenvalue weighted by molar-refractivity contribution is 5.89. The molecule has 9 heteroatoms. The maximum atomic E-state index is 13.4. The normalized spacial score (nSPS) is 16.0. The topological polar surface area (TPSA) is 96.5 Å². The van der Waals surface area contributed by atoms with Crippen molar-refractivity contribution in [2.75, 3.05) is 27.2 Å². The molecule has 9 nitrogen and oxygen atoms in total. The molecule has 0 saturated carbocycles. The number of likely N-dealkylation sites (tertiary alicyclic amines) is 1. The predicted octanol–water partition coefficient (Wildman–Crippen LogP) is 3.41. The van der Waals surface area contributed by atoms with E-state index in [-0.39, 0.29) is 29.4 Å². The summed E-state index contributed by atoms with van der Waals surface area (Å²) in [5.74, 6) is 0.221. The van der Waals surface area contributed by atoms with Gasteiger partial charge in [-0.05, 0) is 50.0 Å². The van der Waals surface area contributed by atoms with Crippen molar-refractivity contribution >= 4 is 16.9 Å². The van der Waals surface area contributed by atoms with Gasteiger partial charge in [-0.2, -0.15) is 5.10 Å². The Morgan fingerprint density at radius 2 is 1.80 bits per heavy atom. The summed E-state index contributed by atoms with van der Waals surface area (Å²) in [6.07, 6.45) is 2.74. The number of hydrogen-bond donors (Lipinski definition) is 1. The summed E-state index contributed by atoms with van der Waals surface area (Å²) in [5.41, 5.74) is 3.49. The zero-order valence-electron chi connectivity index (χ0n) is 23.7. The lowest BCUT2D eigenvalue weighted by Crippen LogP contribution is -2.49. The number of amides is 1. The molecule has 1 amide bonds. The van der Waals surface area contributed by atoms with Gasteiger partial charge in [-0.25, -0.2) is 4.98 Å². The molecular formula is C31H38N6O3. The lowest BCUT2D eigenvalue weighted by molar-refractivity contribution is -0.136. The van der Waals surface area contributed by atoms with Crippen LogP contribution in [0.4, 0.5) is 0 Å².